The van der Waals surface area contributed by atoms with E-state index >= 15 is 0 Å². The molecule has 0 bridgehead atoms. The Morgan fingerprint density at radius 1 is 0.641 bits per heavy atom. The molecule has 0 unspecified atom stereocenters. The van der Waals surface area contributed by atoms with Crippen molar-refractivity contribution in [2.45, 2.75) is 141 Å². The molecule has 0 N–H and O–H groups in total. The lowest BCUT2D eigenvalue weighted by molar-refractivity contribution is -0.922. The Labute approximate surface area is 251 Å². The van der Waals surface area contributed by atoms with Crippen LogP contribution in [0, 0.1) is 10.8 Å². The van der Waals surface area contributed by atoms with E-state index < -0.39 is 10.1 Å². The highest BCUT2D eigenvalue weighted by Gasteiger charge is 2.25. The van der Waals surface area contributed by atoms with Crippen molar-refractivity contribution < 1.29 is 17.5 Å². The molecule has 0 radical (unpaired) electrons. The minimum atomic E-state index is -4.25. The zero-order valence-corrected chi connectivity index (χ0v) is 27.8. The summed E-state index contributed by atoms with van der Waals surface area (Å²) in [6.07, 6.45) is 25.2. The van der Waals surface area contributed by atoms with Crippen LogP contribution in [0.5, 0.6) is 0 Å². The molecule has 0 aliphatic heterocycles. The Kier molecular flexibility index (Phi) is 25.5. The van der Waals surface area contributed by atoms with Crippen molar-refractivity contribution in [2.75, 3.05) is 26.2 Å². The van der Waals surface area contributed by atoms with Crippen LogP contribution in [0.15, 0.2) is 35.2 Å². The van der Waals surface area contributed by atoms with E-state index in [4.69, 9.17) is 0 Å². The normalized spacial score (nSPS) is 11.4. The van der Waals surface area contributed by atoms with E-state index in [1.54, 1.807) is 6.07 Å². The van der Waals surface area contributed by atoms with Gasteiger partial charge >= 0.3 is 0 Å². The van der Waals surface area contributed by atoms with Crippen LogP contribution >= 0.6 is 15.9 Å². The Morgan fingerprint density at radius 2 is 1.00 bits per heavy atom. The first kappa shape index (κ1) is 38.1. The number of benzene rings is 1. The fourth-order valence-electron chi connectivity index (χ4n) is 5.04. The Hall–Kier alpha value is -0.870. The molecule has 1 aromatic carbocycles. The van der Waals surface area contributed by atoms with Gasteiger partial charge in [0, 0.05) is 15.9 Å². The summed E-state index contributed by atoms with van der Waals surface area (Å²) in [6.45, 7) is 12.0. The number of rotatable bonds is 23. The van der Waals surface area contributed by atoms with Gasteiger partial charge in [0.05, 0.1) is 24.5 Å². The van der Waals surface area contributed by atoms with Crippen molar-refractivity contribution in [1.29, 1.82) is 0 Å². The van der Waals surface area contributed by atoms with Crippen molar-refractivity contribution >= 4 is 26.0 Å². The lowest BCUT2D eigenvalue weighted by Gasteiger charge is -2.38. The van der Waals surface area contributed by atoms with Gasteiger partial charge in [-0.3, -0.25) is 0 Å². The van der Waals surface area contributed by atoms with E-state index in [0.717, 1.165) is 6.54 Å². The molecule has 1 rings (SSSR count). The summed E-state index contributed by atoms with van der Waals surface area (Å²) in [5, 5.41) is 0. The van der Waals surface area contributed by atoms with Crippen molar-refractivity contribution in [3.63, 3.8) is 0 Å². The topological polar surface area (TPSA) is 57.2 Å². The van der Waals surface area contributed by atoms with Gasteiger partial charge in [0.15, 0.2) is 0 Å². The molecule has 0 heterocycles. The van der Waals surface area contributed by atoms with E-state index in [0.29, 0.717) is 0 Å². The second-order valence-corrected chi connectivity index (χ2v) is 12.8. The summed E-state index contributed by atoms with van der Waals surface area (Å²) in [7, 11) is -4.25. The van der Waals surface area contributed by atoms with Gasteiger partial charge in [-0.05, 0) is 61.4 Å². The first-order chi connectivity index (χ1) is 18.8. The van der Waals surface area contributed by atoms with Crippen LogP contribution in [0.1, 0.15) is 136 Å². The van der Waals surface area contributed by atoms with E-state index in [1.807, 2.05) is 0 Å². The molecular formula is C33H58BrNO3S. The molecule has 0 spiro atoms. The number of nitrogens with zero attached hydrogens (tertiary/aromatic N) is 1. The van der Waals surface area contributed by atoms with Gasteiger partial charge in [0.1, 0.15) is 16.7 Å². The third-order valence-electron chi connectivity index (χ3n) is 7.47. The molecule has 0 amide bonds. The first-order valence-electron chi connectivity index (χ1n) is 15.8. The highest BCUT2D eigenvalue weighted by atomic mass is 79.9. The monoisotopic (exact) mass is 627 g/mol. The fourth-order valence-corrected chi connectivity index (χ4v) is 5.66. The summed E-state index contributed by atoms with van der Waals surface area (Å²) in [6, 6.07) is 7.19. The first-order valence-corrected chi connectivity index (χ1v) is 18.0. The number of quaternary nitrogens is 1. The van der Waals surface area contributed by atoms with Gasteiger partial charge in [-0.2, -0.15) is 0 Å². The molecular weight excluding hydrogens is 570 g/mol. The standard InChI is InChI=1S/C27H53BrN.C6H6O3S/c1-4-7-10-13-16-19-24-29(27-22-23-28,25-20-17-14-11-8-5-2)26-21-18-15-12-9-6-3;7-10(8,9)6-4-2-1-3-5-6/h4-21,24-27H2,1-3H3;1-5H,(H,7,8,9)/q+1;/p-1. The van der Waals surface area contributed by atoms with Gasteiger partial charge in [0.25, 0.3) is 0 Å². The van der Waals surface area contributed by atoms with E-state index in [9.17, 15) is 13.0 Å². The third-order valence-corrected chi connectivity index (χ3v) is 8.60. The van der Waals surface area contributed by atoms with Gasteiger partial charge in [-0.25, -0.2) is 8.42 Å². The molecule has 0 saturated carbocycles. The van der Waals surface area contributed by atoms with Crippen LogP contribution in [0.25, 0.3) is 0 Å². The minimum absolute atomic E-state index is 0.185. The quantitative estimate of drug-likeness (QED) is 0.0525. The van der Waals surface area contributed by atoms with Crippen LogP contribution in [0.4, 0.5) is 0 Å². The largest absolute Gasteiger partial charge is 0.744 e. The predicted octanol–water partition coefficient (Wildman–Crippen LogP) is 9.83. The summed E-state index contributed by atoms with van der Waals surface area (Å²) in [5.41, 5.74) is 0. The van der Waals surface area contributed by atoms with Crippen molar-refractivity contribution in [3.8, 4) is 10.8 Å². The Balaban J connectivity index is 0.00000120. The smallest absolute Gasteiger partial charge is 0.141 e. The molecule has 226 valence electrons. The molecule has 4 nitrogen and oxygen atoms in total. The number of halogens is 1. The van der Waals surface area contributed by atoms with Gasteiger partial charge in [0.2, 0.25) is 0 Å². The van der Waals surface area contributed by atoms with Crippen LogP contribution in [0.2, 0.25) is 0 Å². The maximum atomic E-state index is 10.3. The highest BCUT2D eigenvalue weighted by molar-refractivity contribution is 9.12. The van der Waals surface area contributed by atoms with Crippen LogP contribution in [-0.2, 0) is 10.1 Å². The van der Waals surface area contributed by atoms with Gasteiger partial charge < -0.3 is 9.04 Å². The van der Waals surface area contributed by atoms with Crippen molar-refractivity contribution in [3.05, 3.63) is 30.3 Å². The zero-order valence-electron chi connectivity index (χ0n) is 25.4. The predicted molar refractivity (Wildman–Crippen MR) is 171 cm³/mol. The van der Waals surface area contributed by atoms with E-state index in [1.165, 1.54) is 164 Å². The zero-order chi connectivity index (χ0) is 29.1. The Bertz CT molecular complexity index is 793. The minimum Gasteiger partial charge on any atom is -0.744 e. The summed E-state index contributed by atoms with van der Waals surface area (Å²) >= 11 is 3.36. The molecule has 1 aromatic rings. The fraction of sp³-hybridized carbons (Fsp3) is 0.758. The highest BCUT2D eigenvalue weighted by Crippen LogP contribution is 2.18. The Morgan fingerprint density at radius 3 is 1.31 bits per heavy atom. The lowest BCUT2D eigenvalue weighted by atomic mass is 10.1. The summed E-state index contributed by atoms with van der Waals surface area (Å²) < 4.78 is 32.1. The molecule has 6 heteroatoms. The van der Waals surface area contributed by atoms with Gasteiger partial charge in [-0.1, -0.05) is 116 Å². The SMILES string of the molecule is CCCCCCCC[N+](CC#CBr)(CCCCCCCC)CCCCCCCC.O=S(=O)([O-])c1ccccc1. The number of hydrogen-bond acceptors (Lipinski definition) is 3. The lowest BCUT2D eigenvalue weighted by Crippen LogP contribution is -2.50. The van der Waals surface area contributed by atoms with Crippen LogP contribution in [-0.4, -0.2) is 43.6 Å². The second kappa shape index (κ2) is 26.1. The molecule has 0 aromatic heterocycles. The van der Waals surface area contributed by atoms with E-state index in [-0.39, 0.29) is 4.90 Å². The average molecular weight is 629 g/mol. The van der Waals surface area contributed by atoms with Crippen molar-refractivity contribution in [2.24, 2.45) is 0 Å². The molecule has 0 aliphatic carbocycles. The number of unbranched alkanes of at least 4 members (excludes halogenated alkanes) is 15. The molecule has 0 atom stereocenters. The average Bonchev–Trinajstić information content (AvgIpc) is 2.93. The molecule has 39 heavy (non-hydrogen) atoms. The molecule has 0 saturated heterocycles. The van der Waals surface area contributed by atoms with Gasteiger partial charge in [-0.15, -0.1) is 0 Å². The molecule has 0 fully saturated rings. The maximum absolute atomic E-state index is 10.3. The number of hydrogen-bond donors (Lipinski definition) is 0. The molecule has 0 aliphatic rings. The maximum Gasteiger partial charge on any atom is 0.141 e. The summed E-state index contributed by atoms with van der Waals surface area (Å²) in [4.78, 5) is 2.84. The second-order valence-electron chi connectivity index (χ2n) is 11.0. The summed E-state index contributed by atoms with van der Waals surface area (Å²) in [5.74, 6) is 3.41. The van der Waals surface area contributed by atoms with Crippen LogP contribution < -0.4 is 0 Å². The van der Waals surface area contributed by atoms with Crippen LogP contribution in [0.3, 0.4) is 0 Å². The van der Waals surface area contributed by atoms with E-state index in [2.05, 4.69) is 47.5 Å². The third kappa shape index (κ3) is 22.5. The van der Waals surface area contributed by atoms with Crippen molar-refractivity contribution in [1.82, 2.24) is 0 Å².